The van der Waals surface area contributed by atoms with Crippen LogP contribution in [0.4, 0.5) is 14.6 Å². The van der Waals surface area contributed by atoms with Gasteiger partial charge in [0.1, 0.15) is 5.69 Å². The zero-order valence-electron chi connectivity index (χ0n) is 8.01. The summed E-state index contributed by atoms with van der Waals surface area (Å²) in [5.41, 5.74) is 0.785. The molecule has 2 atom stereocenters. The highest BCUT2D eigenvalue weighted by molar-refractivity contribution is 5.57. The molecule has 3 rings (SSSR count). The molecular formula is C9H11F2N3. The average Bonchev–Trinajstić information content (AvgIpc) is 2.70. The minimum atomic E-state index is -2.68. The number of fused-ring (bicyclic) bond motifs is 3. The Balaban J connectivity index is 2.17. The van der Waals surface area contributed by atoms with E-state index in [-0.39, 0.29) is 11.6 Å². The van der Waals surface area contributed by atoms with E-state index in [9.17, 15) is 8.78 Å². The average molecular weight is 199 g/mol. The van der Waals surface area contributed by atoms with Crippen molar-refractivity contribution in [2.24, 2.45) is 5.92 Å². The van der Waals surface area contributed by atoms with Crippen LogP contribution < -0.4 is 4.90 Å². The fraction of sp³-hybridized carbons (Fsp3) is 0.667. The van der Waals surface area contributed by atoms with Gasteiger partial charge in [0, 0.05) is 25.6 Å². The molecule has 0 radical (unpaired) electrons. The number of alkyl halides is 2. The number of aromatic nitrogens is 2. The van der Waals surface area contributed by atoms with E-state index in [1.807, 2.05) is 14.1 Å². The SMILES string of the molecule is CN(C)c1n[nH]c2c1[C@H]1C[C@H]1C2(F)F. The summed E-state index contributed by atoms with van der Waals surface area (Å²) < 4.78 is 27.1. The number of H-pyrrole nitrogens is 1. The van der Waals surface area contributed by atoms with Gasteiger partial charge in [-0.1, -0.05) is 0 Å². The zero-order valence-corrected chi connectivity index (χ0v) is 8.01. The summed E-state index contributed by atoms with van der Waals surface area (Å²) in [5.74, 6) is -2.44. The van der Waals surface area contributed by atoms with E-state index in [0.29, 0.717) is 12.2 Å². The lowest BCUT2D eigenvalue weighted by Crippen LogP contribution is -2.14. The Labute approximate surface area is 80.1 Å². The zero-order chi connectivity index (χ0) is 10.1. The third-order valence-electron chi connectivity index (χ3n) is 3.17. The van der Waals surface area contributed by atoms with E-state index in [1.54, 1.807) is 4.90 Å². The fourth-order valence-electron chi connectivity index (χ4n) is 2.39. The van der Waals surface area contributed by atoms with Gasteiger partial charge in [-0.25, -0.2) is 0 Å². The normalized spacial score (nSPS) is 31.1. The molecular weight excluding hydrogens is 188 g/mol. The van der Waals surface area contributed by atoms with Crippen LogP contribution in [0.25, 0.3) is 0 Å². The monoisotopic (exact) mass is 199 g/mol. The van der Waals surface area contributed by atoms with E-state index in [1.165, 1.54) is 0 Å². The van der Waals surface area contributed by atoms with Crippen molar-refractivity contribution in [3.63, 3.8) is 0 Å². The van der Waals surface area contributed by atoms with Gasteiger partial charge in [-0.2, -0.15) is 13.9 Å². The molecule has 1 saturated carbocycles. The first-order valence-corrected chi connectivity index (χ1v) is 4.67. The van der Waals surface area contributed by atoms with E-state index >= 15 is 0 Å². The third kappa shape index (κ3) is 0.738. The van der Waals surface area contributed by atoms with Crippen LogP contribution in [-0.2, 0) is 5.92 Å². The van der Waals surface area contributed by atoms with Crippen LogP contribution in [0.2, 0.25) is 0 Å². The van der Waals surface area contributed by atoms with Gasteiger partial charge in [-0.3, -0.25) is 5.10 Å². The van der Waals surface area contributed by atoms with Crippen LogP contribution in [0.3, 0.4) is 0 Å². The molecule has 0 aliphatic heterocycles. The molecule has 0 saturated heterocycles. The van der Waals surface area contributed by atoms with Crippen LogP contribution in [0.1, 0.15) is 23.6 Å². The highest BCUT2D eigenvalue weighted by Gasteiger charge is 2.66. The van der Waals surface area contributed by atoms with Gasteiger partial charge in [0.2, 0.25) is 0 Å². The first-order valence-electron chi connectivity index (χ1n) is 4.67. The molecule has 0 amide bonds. The van der Waals surface area contributed by atoms with Gasteiger partial charge in [-0.15, -0.1) is 0 Å². The molecule has 1 N–H and O–H groups in total. The Hall–Kier alpha value is -1.13. The molecule has 5 heteroatoms. The van der Waals surface area contributed by atoms with Crippen molar-refractivity contribution in [2.75, 3.05) is 19.0 Å². The van der Waals surface area contributed by atoms with Crippen molar-refractivity contribution in [3.8, 4) is 0 Å². The second-order valence-corrected chi connectivity index (χ2v) is 4.30. The van der Waals surface area contributed by atoms with Crippen molar-refractivity contribution < 1.29 is 8.78 Å². The van der Waals surface area contributed by atoms with Crippen LogP contribution in [0.15, 0.2) is 0 Å². The standard InChI is InChI=1S/C9H11F2N3/c1-14(2)8-6-4-3-5(4)9(10,11)7(6)12-13-8/h4-5H,3H2,1-2H3,(H,12,13)/t4-,5+/m0/s1. The Morgan fingerprint density at radius 1 is 1.50 bits per heavy atom. The van der Waals surface area contributed by atoms with Gasteiger partial charge in [-0.05, 0) is 12.3 Å². The maximum Gasteiger partial charge on any atom is 0.292 e. The summed E-state index contributed by atoms with van der Waals surface area (Å²) in [5, 5.41) is 6.41. The molecule has 0 spiro atoms. The minimum absolute atomic E-state index is 0.0381. The van der Waals surface area contributed by atoms with Crippen molar-refractivity contribution in [3.05, 3.63) is 11.3 Å². The number of anilines is 1. The minimum Gasteiger partial charge on any atom is -0.361 e. The highest BCUT2D eigenvalue weighted by Crippen LogP contribution is 2.67. The number of rotatable bonds is 1. The summed E-state index contributed by atoms with van der Waals surface area (Å²) in [6, 6.07) is 0. The van der Waals surface area contributed by atoms with Crippen molar-refractivity contribution >= 4 is 5.82 Å². The van der Waals surface area contributed by atoms with Crippen LogP contribution in [0, 0.1) is 5.92 Å². The molecule has 76 valence electrons. The maximum atomic E-state index is 13.6. The van der Waals surface area contributed by atoms with Crippen LogP contribution >= 0.6 is 0 Å². The molecule has 1 fully saturated rings. The number of halogens is 2. The van der Waals surface area contributed by atoms with Crippen LogP contribution in [-0.4, -0.2) is 24.3 Å². The molecule has 3 nitrogen and oxygen atoms in total. The summed E-state index contributed by atoms with van der Waals surface area (Å²) in [4.78, 5) is 1.78. The molecule has 1 aromatic heterocycles. The lowest BCUT2D eigenvalue weighted by atomic mass is 10.1. The second-order valence-electron chi connectivity index (χ2n) is 4.30. The maximum absolute atomic E-state index is 13.6. The summed E-state index contributed by atoms with van der Waals surface area (Å²) >= 11 is 0. The van der Waals surface area contributed by atoms with Gasteiger partial charge < -0.3 is 4.90 Å². The van der Waals surface area contributed by atoms with E-state index < -0.39 is 11.8 Å². The summed E-state index contributed by atoms with van der Waals surface area (Å²) in [6.45, 7) is 0. The van der Waals surface area contributed by atoms with Gasteiger partial charge in [0.15, 0.2) is 5.82 Å². The molecule has 14 heavy (non-hydrogen) atoms. The molecule has 2 aliphatic carbocycles. The molecule has 0 aromatic carbocycles. The largest absolute Gasteiger partial charge is 0.361 e. The lowest BCUT2D eigenvalue weighted by molar-refractivity contribution is -0.0268. The molecule has 1 heterocycles. The fourth-order valence-corrected chi connectivity index (χ4v) is 2.39. The van der Waals surface area contributed by atoms with Gasteiger partial charge >= 0.3 is 0 Å². The summed E-state index contributed by atoms with van der Waals surface area (Å²) in [7, 11) is 3.65. The van der Waals surface area contributed by atoms with Crippen molar-refractivity contribution in [1.29, 1.82) is 0 Å². The van der Waals surface area contributed by atoms with E-state index in [0.717, 1.165) is 5.56 Å². The Kier molecular flexibility index (Phi) is 1.23. The number of aromatic amines is 1. The third-order valence-corrected chi connectivity index (χ3v) is 3.17. The topological polar surface area (TPSA) is 31.9 Å². The summed E-state index contributed by atoms with van der Waals surface area (Å²) in [6.07, 6.45) is 0.611. The highest BCUT2D eigenvalue weighted by atomic mass is 19.3. The van der Waals surface area contributed by atoms with Gasteiger partial charge in [0.25, 0.3) is 5.92 Å². The van der Waals surface area contributed by atoms with Crippen molar-refractivity contribution in [1.82, 2.24) is 10.2 Å². The smallest absolute Gasteiger partial charge is 0.292 e. The molecule has 0 bridgehead atoms. The predicted molar refractivity (Wildman–Crippen MR) is 47.7 cm³/mol. The van der Waals surface area contributed by atoms with Gasteiger partial charge in [0.05, 0.1) is 0 Å². The molecule has 0 unspecified atom stereocenters. The quantitative estimate of drug-likeness (QED) is 0.746. The number of nitrogens with zero attached hydrogens (tertiary/aromatic N) is 2. The molecule has 1 aromatic rings. The number of nitrogens with one attached hydrogen (secondary N) is 1. The Morgan fingerprint density at radius 3 is 2.86 bits per heavy atom. The molecule has 2 aliphatic rings. The predicted octanol–water partition coefficient (Wildman–Crippen LogP) is 1.68. The van der Waals surface area contributed by atoms with Crippen molar-refractivity contribution in [2.45, 2.75) is 18.3 Å². The second kappa shape index (κ2) is 2.10. The first-order chi connectivity index (χ1) is 6.53. The number of hydrogen-bond donors (Lipinski definition) is 1. The van der Waals surface area contributed by atoms with Crippen LogP contribution in [0.5, 0.6) is 0 Å². The Bertz CT molecular complexity index is 397. The number of hydrogen-bond acceptors (Lipinski definition) is 2. The van der Waals surface area contributed by atoms with E-state index in [2.05, 4.69) is 10.2 Å². The Morgan fingerprint density at radius 2 is 2.21 bits per heavy atom. The van der Waals surface area contributed by atoms with E-state index in [4.69, 9.17) is 0 Å². The first kappa shape index (κ1) is 8.20. The lowest BCUT2D eigenvalue weighted by Gasteiger charge is -2.10.